The summed E-state index contributed by atoms with van der Waals surface area (Å²) in [7, 11) is 1.46. The summed E-state index contributed by atoms with van der Waals surface area (Å²) < 4.78 is 4.61. The second kappa shape index (κ2) is 34.4. The Bertz CT molecular complexity index is 524. The van der Waals surface area contributed by atoms with Crippen LogP contribution < -0.4 is 0 Å². The van der Waals surface area contributed by atoms with Gasteiger partial charge < -0.3 is 9.84 Å². The first-order valence-corrected chi connectivity index (χ1v) is 15.7. The molecule has 0 saturated heterocycles. The number of hydrogen-bond donors (Lipinski definition) is 1. The summed E-state index contributed by atoms with van der Waals surface area (Å²) in [5.41, 5.74) is 0. The van der Waals surface area contributed by atoms with E-state index >= 15 is 0 Å². The topological polar surface area (TPSA) is 63.6 Å². The van der Waals surface area contributed by atoms with Gasteiger partial charge in [-0.05, 0) is 64.2 Å². The molecule has 0 bridgehead atoms. The molecule has 0 rings (SSSR count). The van der Waals surface area contributed by atoms with Crippen LogP contribution in [0.3, 0.4) is 0 Å². The van der Waals surface area contributed by atoms with Gasteiger partial charge in [0.25, 0.3) is 0 Å². The van der Waals surface area contributed by atoms with Crippen molar-refractivity contribution in [3.63, 3.8) is 0 Å². The third-order valence-corrected chi connectivity index (χ3v) is 6.52. The number of carboxylic acid groups (broad SMARTS) is 1. The van der Waals surface area contributed by atoms with E-state index in [-0.39, 0.29) is 5.97 Å². The van der Waals surface area contributed by atoms with E-state index in [2.05, 4.69) is 42.9 Å². The predicted octanol–water partition coefficient (Wildman–Crippen LogP) is 10.7. The van der Waals surface area contributed by atoms with Gasteiger partial charge in [-0.2, -0.15) is 0 Å². The monoisotopic (exact) mass is 522 g/mol. The van der Waals surface area contributed by atoms with E-state index in [0.717, 1.165) is 25.7 Å². The van der Waals surface area contributed by atoms with Crippen LogP contribution >= 0.6 is 0 Å². The summed E-state index contributed by atoms with van der Waals surface area (Å²) in [4.78, 5) is 21.2. The molecule has 0 aliphatic rings. The summed E-state index contributed by atoms with van der Waals surface area (Å²) in [6.45, 7) is 4.49. The molecule has 0 spiro atoms. The first-order chi connectivity index (χ1) is 18.1. The highest BCUT2D eigenvalue weighted by Gasteiger charge is 1.98. The molecule has 0 aliphatic carbocycles. The fourth-order valence-corrected chi connectivity index (χ4v) is 4.08. The third-order valence-electron chi connectivity index (χ3n) is 6.52. The fourth-order valence-electron chi connectivity index (χ4n) is 4.08. The van der Waals surface area contributed by atoms with Crippen molar-refractivity contribution in [3.8, 4) is 0 Å². The van der Waals surface area contributed by atoms with Crippen LogP contribution in [0.1, 0.15) is 168 Å². The maximum Gasteiger partial charge on any atom is 0.305 e. The molecule has 4 heteroatoms. The number of methoxy groups -OCH3 is 1. The van der Waals surface area contributed by atoms with Gasteiger partial charge in [0.2, 0.25) is 0 Å². The van der Waals surface area contributed by atoms with Crippen molar-refractivity contribution in [1.29, 1.82) is 0 Å². The quantitative estimate of drug-likeness (QED) is 0.0697. The van der Waals surface area contributed by atoms with E-state index in [0.29, 0.717) is 12.8 Å². The number of unbranched alkanes of at least 4 members (excludes halogenated alkanes) is 18. The molecule has 0 heterocycles. The number of carbonyl (C=O) groups is 2. The lowest BCUT2D eigenvalue weighted by atomic mass is 10.1. The average Bonchev–Trinajstić information content (AvgIpc) is 2.89. The zero-order valence-corrected chi connectivity index (χ0v) is 25.0. The Morgan fingerprint density at radius 3 is 1.19 bits per heavy atom. The van der Waals surface area contributed by atoms with Crippen LogP contribution in [0.4, 0.5) is 0 Å². The van der Waals surface area contributed by atoms with Crippen molar-refractivity contribution in [3.05, 3.63) is 24.3 Å². The minimum atomic E-state index is -0.666. The maximum absolute atomic E-state index is 10.9. The third kappa shape index (κ3) is 39.1. The molecule has 0 amide bonds. The Morgan fingerprint density at radius 1 is 0.514 bits per heavy atom. The zero-order valence-electron chi connectivity index (χ0n) is 25.0. The number of hydrogen-bond acceptors (Lipinski definition) is 3. The van der Waals surface area contributed by atoms with Gasteiger partial charge in [0.05, 0.1) is 7.11 Å². The second-order valence-corrected chi connectivity index (χ2v) is 10.2. The molecule has 0 saturated carbocycles. The largest absolute Gasteiger partial charge is 0.481 e. The van der Waals surface area contributed by atoms with Gasteiger partial charge in [-0.15, -0.1) is 0 Å². The Hall–Kier alpha value is -1.58. The van der Waals surface area contributed by atoms with Gasteiger partial charge in [-0.25, -0.2) is 0 Å². The molecule has 0 aliphatic heterocycles. The molecule has 0 atom stereocenters. The van der Waals surface area contributed by atoms with Gasteiger partial charge in [-0.3, -0.25) is 9.59 Å². The SMILES string of the molecule is CCCCCCC=CCCCCCCCC(=O)O.CCCCCCC=CCCCCCCCC(=O)OC. The molecule has 1 N–H and O–H groups in total. The molecular formula is C33H62O4. The van der Waals surface area contributed by atoms with E-state index in [1.807, 2.05) is 0 Å². The summed E-state index contributed by atoms with van der Waals surface area (Å²) in [5, 5.41) is 8.48. The molecule has 0 aromatic rings. The second-order valence-electron chi connectivity index (χ2n) is 10.2. The van der Waals surface area contributed by atoms with Crippen LogP contribution in [0.25, 0.3) is 0 Å². The van der Waals surface area contributed by atoms with Gasteiger partial charge in [0, 0.05) is 12.8 Å². The van der Waals surface area contributed by atoms with Gasteiger partial charge in [0.1, 0.15) is 0 Å². The Kier molecular flexibility index (Phi) is 35.0. The molecule has 0 aromatic heterocycles. The molecule has 0 radical (unpaired) electrons. The van der Waals surface area contributed by atoms with Crippen molar-refractivity contribution in [1.82, 2.24) is 0 Å². The Morgan fingerprint density at radius 2 is 0.838 bits per heavy atom. The molecule has 0 unspecified atom stereocenters. The number of carbonyl (C=O) groups excluding carboxylic acids is 1. The normalized spacial score (nSPS) is 11.1. The van der Waals surface area contributed by atoms with Crippen LogP contribution in [0.2, 0.25) is 0 Å². The maximum atomic E-state index is 10.9. The number of aliphatic carboxylic acids is 1. The van der Waals surface area contributed by atoms with Crippen LogP contribution in [0.15, 0.2) is 24.3 Å². The minimum Gasteiger partial charge on any atom is -0.481 e. The molecule has 0 aromatic carbocycles. The van der Waals surface area contributed by atoms with Crippen molar-refractivity contribution in [2.24, 2.45) is 0 Å². The summed E-state index contributed by atoms with van der Waals surface area (Å²) in [6, 6.07) is 0. The first kappa shape index (κ1) is 37.6. The van der Waals surface area contributed by atoms with Crippen LogP contribution in [0, 0.1) is 0 Å². The summed E-state index contributed by atoms with van der Waals surface area (Å²) >= 11 is 0. The van der Waals surface area contributed by atoms with Crippen LogP contribution in [-0.4, -0.2) is 24.2 Å². The average molecular weight is 523 g/mol. The summed E-state index contributed by atoms with van der Waals surface area (Å²) in [6.07, 6.45) is 37.4. The smallest absolute Gasteiger partial charge is 0.305 e. The number of ether oxygens (including phenoxy) is 1. The molecule has 4 nitrogen and oxygen atoms in total. The van der Waals surface area contributed by atoms with Gasteiger partial charge in [-0.1, -0.05) is 115 Å². The summed E-state index contributed by atoms with van der Waals surface area (Å²) in [5.74, 6) is -0.744. The Labute approximate surface area is 230 Å². The lowest BCUT2D eigenvalue weighted by Gasteiger charge is -2.00. The number of allylic oxidation sites excluding steroid dienone is 4. The van der Waals surface area contributed by atoms with Crippen molar-refractivity contribution in [2.45, 2.75) is 168 Å². The van der Waals surface area contributed by atoms with Gasteiger partial charge >= 0.3 is 11.9 Å². The van der Waals surface area contributed by atoms with Crippen LogP contribution in [0.5, 0.6) is 0 Å². The molecule has 218 valence electrons. The molecular weight excluding hydrogens is 460 g/mol. The van der Waals surface area contributed by atoms with Crippen molar-refractivity contribution >= 4 is 11.9 Å². The highest BCUT2D eigenvalue weighted by atomic mass is 16.5. The van der Waals surface area contributed by atoms with Crippen LogP contribution in [-0.2, 0) is 14.3 Å². The minimum absolute atomic E-state index is 0.0778. The lowest BCUT2D eigenvalue weighted by Crippen LogP contribution is -1.98. The first-order valence-electron chi connectivity index (χ1n) is 15.7. The molecule has 37 heavy (non-hydrogen) atoms. The number of esters is 1. The van der Waals surface area contributed by atoms with E-state index in [1.54, 1.807) is 0 Å². The number of rotatable bonds is 26. The van der Waals surface area contributed by atoms with E-state index in [9.17, 15) is 9.59 Å². The Balaban J connectivity index is 0. The van der Waals surface area contributed by atoms with E-state index in [1.165, 1.54) is 123 Å². The van der Waals surface area contributed by atoms with Crippen molar-refractivity contribution in [2.75, 3.05) is 7.11 Å². The molecule has 0 fully saturated rings. The predicted molar refractivity (Wildman–Crippen MR) is 160 cm³/mol. The standard InChI is InChI=1S/C17H32O2.C16H30O2/c1-3-4-5-6-7-8-9-10-11-12-13-14-15-16-17(18)19-2;1-2-3-4-5-6-7-8-9-10-11-12-13-14-15-16(17)18/h8-9H,3-7,10-16H2,1-2H3;7-8H,2-6,9-15H2,1H3,(H,17,18). The van der Waals surface area contributed by atoms with Crippen molar-refractivity contribution < 1.29 is 19.4 Å². The fraction of sp³-hybridized carbons (Fsp3) is 0.818. The van der Waals surface area contributed by atoms with E-state index in [4.69, 9.17) is 5.11 Å². The number of carboxylic acids is 1. The highest BCUT2D eigenvalue weighted by molar-refractivity contribution is 5.69. The van der Waals surface area contributed by atoms with E-state index < -0.39 is 5.97 Å². The zero-order chi connectivity index (χ0) is 27.7. The van der Waals surface area contributed by atoms with Gasteiger partial charge in [0.15, 0.2) is 0 Å². The lowest BCUT2D eigenvalue weighted by molar-refractivity contribution is -0.141. The highest BCUT2D eigenvalue weighted by Crippen LogP contribution is 2.10.